The minimum absolute atomic E-state index is 0. The number of fused-ring (bicyclic) bond motifs is 6. The molecule has 0 radical (unpaired) electrons. The average Bonchev–Trinajstić information content (AvgIpc) is 3.86. The Kier molecular flexibility index (Phi) is 16.2. The quantitative estimate of drug-likeness (QED) is 0.0674. The molecule has 306 valence electrons. The fourth-order valence-electron chi connectivity index (χ4n) is 8.96. The van der Waals surface area contributed by atoms with Gasteiger partial charge in [0.25, 0.3) is 0 Å². The maximum atomic E-state index is 7.12. The number of hydrogen-bond donors (Lipinski definition) is 0. The van der Waals surface area contributed by atoms with Crippen molar-refractivity contribution in [1.82, 2.24) is 0 Å². The van der Waals surface area contributed by atoms with Gasteiger partial charge >= 0.3 is 44.8 Å². The van der Waals surface area contributed by atoms with Gasteiger partial charge in [0.1, 0.15) is 31.8 Å². The first-order valence-electron chi connectivity index (χ1n) is 20.5. The molecular weight excluding hydrogens is 1140 g/mol. The molecule has 10 rings (SSSR count). The zero-order valence-electron chi connectivity index (χ0n) is 34.4. The Balaban J connectivity index is 0.000000164. The van der Waals surface area contributed by atoms with Crippen LogP contribution in [0.1, 0.15) is 60.1 Å². The van der Waals surface area contributed by atoms with Crippen LogP contribution < -0.4 is 15.9 Å². The van der Waals surface area contributed by atoms with Crippen LogP contribution in [0.5, 0.6) is 0 Å². The van der Waals surface area contributed by atoms with Gasteiger partial charge in [0, 0.05) is 13.8 Å². The van der Waals surface area contributed by atoms with E-state index in [0.29, 0.717) is 0 Å². The van der Waals surface area contributed by atoms with Crippen LogP contribution in [0.25, 0.3) is 22.3 Å². The van der Waals surface area contributed by atoms with Crippen molar-refractivity contribution in [2.45, 2.75) is 44.4 Å². The summed E-state index contributed by atoms with van der Waals surface area (Å²) in [5.41, 5.74) is 12.4. The first kappa shape index (κ1) is 46.0. The summed E-state index contributed by atoms with van der Waals surface area (Å²) < 4.78 is 0. The van der Waals surface area contributed by atoms with Crippen LogP contribution in [0, 0.1) is 24.7 Å². The van der Waals surface area contributed by atoms with Gasteiger partial charge in [-0.1, -0.05) is 132 Å². The van der Waals surface area contributed by atoms with Gasteiger partial charge in [-0.05, 0) is 108 Å². The Morgan fingerprint density at radius 3 is 1.25 bits per heavy atom. The molecule has 0 nitrogen and oxygen atoms in total. The van der Waals surface area contributed by atoms with Gasteiger partial charge in [-0.25, -0.2) is 0 Å². The van der Waals surface area contributed by atoms with Crippen LogP contribution in [-0.2, 0) is 57.6 Å². The second-order valence-corrected chi connectivity index (χ2v) is 22.6. The van der Waals surface area contributed by atoms with Crippen LogP contribution in [0.15, 0.2) is 199 Å². The molecule has 0 N–H and O–H groups in total. The predicted molar refractivity (Wildman–Crippen MR) is 257 cm³/mol. The molecule has 0 saturated carbocycles. The van der Waals surface area contributed by atoms with Crippen LogP contribution in [0.4, 0.5) is 0 Å². The van der Waals surface area contributed by atoms with Crippen molar-refractivity contribution in [2.75, 3.05) is 0 Å². The van der Waals surface area contributed by atoms with Crippen LogP contribution >= 0.6 is 15.8 Å². The second kappa shape index (κ2) is 21.5. The number of benzene rings is 7. The van der Waals surface area contributed by atoms with E-state index in [1.165, 1.54) is 73.3 Å². The van der Waals surface area contributed by atoms with Crippen molar-refractivity contribution in [1.29, 1.82) is 0 Å². The standard InChI is InChI=1S/C27H28P2.2C15H9.2Au/c1-27(2,28(23-15-7-3-8-16-23)24-17-9-4-10-18-24)29(25-19-11-5-12-20-25)26-21-13-6-14-22-26;2*1-2-11-7-8-15-13(9-11)10-12-5-3-4-6-14(12)15;;/h3-5,7-13,15-22H,6,14H2,1-2H3;2*3-9H,10H2;;/q;2*-1;2*+1/p+2. The summed E-state index contributed by atoms with van der Waals surface area (Å²) in [5.74, 6) is 4.87. The summed E-state index contributed by atoms with van der Waals surface area (Å²) in [7, 11) is -1.97. The SMILES string of the molecule is CC(C)([PH+](C1=CCCC=C1)c1ccccc1)[PH+](c1ccccc1)c1ccccc1.[Au+].[Au+].[C-]#Cc1ccc2c(c1)Cc1ccccc1-2.[C-]#Cc1ccc2c(c1)Cc1ccccc1-2. The molecule has 4 heteroatoms. The molecule has 3 aliphatic carbocycles. The van der Waals surface area contributed by atoms with Gasteiger partial charge in [-0.15, -0.1) is 35.4 Å². The molecule has 0 aromatic heterocycles. The largest absolute Gasteiger partial charge is 1.00 e. The molecule has 7 aromatic rings. The van der Waals surface area contributed by atoms with E-state index in [9.17, 15) is 0 Å². The first-order valence-corrected chi connectivity index (χ1v) is 23.5. The molecule has 0 saturated heterocycles. The van der Waals surface area contributed by atoms with Crippen LogP contribution in [0.3, 0.4) is 0 Å². The van der Waals surface area contributed by atoms with Crippen LogP contribution in [-0.4, -0.2) is 4.90 Å². The number of rotatable bonds is 6. The zero-order chi connectivity index (χ0) is 40.6. The first-order chi connectivity index (χ1) is 28.9. The average molecular weight is 1190 g/mol. The molecule has 0 bridgehead atoms. The maximum absolute atomic E-state index is 7.12. The van der Waals surface area contributed by atoms with Crippen LogP contribution in [0.2, 0.25) is 0 Å². The van der Waals surface area contributed by atoms with Crippen molar-refractivity contribution < 1.29 is 44.8 Å². The smallest absolute Gasteiger partial charge is 0.366 e. The molecular formula is C57H48Au2P2+2. The Morgan fingerprint density at radius 1 is 0.443 bits per heavy atom. The summed E-state index contributed by atoms with van der Waals surface area (Å²) in [6, 6.07) is 62.9. The summed E-state index contributed by atoms with van der Waals surface area (Å²) in [5, 5.41) is 6.11. The van der Waals surface area contributed by atoms with Crippen molar-refractivity contribution in [3.8, 4) is 34.1 Å². The second-order valence-electron chi connectivity index (χ2n) is 15.8. The van der Waals surface area contributed by atoms with Crippen molar-refractivity contribution in [3.05, 3.63) is 246 Å². The van der Waals surface area contributed by atoms with Crippen molar-refractivity contribution >= 4 is 31.8 Å². The summed E-state index contributed by atoms with van der Waals surface area (Å²) >= 11 is 0. The van der Waals surface area contributed by atoms with E-state index in [2.05, 4.69) is 208 Å². The molecule has 3 aliphatic rings. The third-order valence-corrected chi connectivity index (χ3v) is 19.3. The van der Waals surface area contributed by atoms with Gasteiger partial charge in [0.2, 0.25) is 0 Å². The number of hydrogen-bond acceptors (Lipinski definition) is 0. The molecule has 1 unspecified atom stereocenters. The Bertz CT molecular complexity index is 2570. The summed E-state index contributed by atoms with van der Waals surface area (Å²) in [6.07, 6.45) is 25.8. The zero-order valence-corrected chi connectivity index (χ0v) is 40.7. The third kappa shape index (κ3) is 10.4. The molecule has 0 heterocycles. The maximum Gasteiger partial charge on any atom is 1.00 e. The fourth-order valence-corrected chi connectivity index (χ4v) is 17.5. The normalized spacial score (nSPS) is 13.0. The minimum atomic E-state index is -0.999. The van der Waals surface area contributed by atoms with Crippen molar-refractivity contribution in [3.63, 3.8) is 0 Å². The monoisotopic (exact) mass is 1190 g/mol. The third-order valence-electron chi connectivity index (χ3n) is 11.6. The molecule has 0 aliphatic heterocycles. The Labute approximate surface area is 397 Å². The molecule has 1 atom stereocenters. The fraction of sp³-hybridized carbons (Fsp3) is 0.123. The summed E-state index contributed by atoms with van der Waals surface area (Å²) in [6.45, 7) is 5.07. The Morgan fingerprint density at radius 2 is 0.836 bits per heavy atom. The topological polar surface area (TPSA) is 0 Å². The van der Waals surface area contributed by atoms with E-state index in [4.69, 9.17) is 12.8 Å². The molecule has 7 aromatic carbocycles. The molecule has 0 spiro atoms. The predicted octanol–water partition coefficient (Wildman–Crippen LogP) is 12.7. The van der Waals surface area contributed by atoms with E-state index in [1.54, 1.807) is 5.31 Å². The van der Waals surface area contributed by atoms with Gasteiger partial charge in [0.15, 0.2) is 4.90 Å². The van der Waals surface area contributed by atoms with Gasteiger partial charge < -0.3 is 12.8 Å². The molecule has 0 fully saturated rings. The minimum Gasteiger partial charge on any atom is -0.366 e. The number of allylic oxidation sites excluding steroid dienone is 4. The summed E-state index contributed by atoms with van der Waals surface area (Å²) in [4.78, 5) is 0.187. The Hall–Kier alpha value is -4.52. The van der Waals surface area contributed by atoms with E-state index in [1.807, 2.05) is 12.1 Å². The molecule has 61 heavy (non-hydrogen) atoms. The molecule has 0 amide bonds. The van der Waals surface area contributed by atoms with Crippen molar-refractivity contribution in [2.24, 2.45) is 0 Å². The van der Waals surface area contributed by atoms with Gasteiger partial charge in [0.05, 0.1) is 5.31 Å². The van der Waals surface area contributed by atoms with E-state index in [0.717, 1.165) is 24.0 Å². The van der Waals surface area contributed by atoms with E-state index < -0.39 is 15.8 Å². The van der Waals surface area contributed by atoms with E-state index >= 15 is 0 Å². The van der Waals surface area contributed by atoms with Gasteiger partial charge in [-0.3, -0.25) is 11.8 Å². The van der Waals surface area contributed by atoms with E-state index in [-0.39, 0.29) is 49.7 Å². The van der Waals surface area contributed by atoms with Gasteiger partial charge in [-0.2, -0.15) is 0 Å².